The minimum atomic E-state index is -0.759. The van der Waals surface area contributed by atoms with Crippen LogP contribution in [0.4, 0.5) is 15.8 Å². The van der Waals surface area contributed by atoms with Gasteiger partial charge in [0.1, 0.15) is 11.6 Å². The summed E-state index contributed by atoms with van der Waals surface area (Å²) in [5.41, 5.74) is -0.558. The third-order valence-electron chi connectivity index (χ3n) is 2.91. The summed E-state index contributed by atoms with van der Waals surface area (Å²) in [6.07, 6.45) is 0. The predicted molar refractivity (Wildman–Crippen MR) is 102 cm³/mol. The Kier molecular flexibility index (Phi) is 6.83. The van der Waals surface area contributed by atoms with Crippen LogP contribution in [0.3, 0.4) is 0 Å². The second kappa shape index (κ2) is 8.88. The summed E-state index contributed by atoms with van der Waals surface area (Å²) in [5, 5.41) is 15.5. The fourth-order valence-electron chi connectivity index (χ4n) is 1.77. The van der Waals surface area contributed by atoms with E-state index in [0.29, 0.717) is 10.8 Å². The first-order chi connectivity index (χ1) is 12.3. The molecule has 0 saturated heterocycles. The van der Waals surface area contributed by atoms with E-state index in [9.17, 15) is 19.3 Å². The smallest absolute Gasteiger partial charge is 0.271 e. The monoisotopic (exact) mass is 461 g/mol. The summed E-state index contributed by atoms with van der Waals surface area (Å²) in [5.74, 6) is -1.08. The van der Waals surface area contributed by atoms with Crippen molar-refractivity contribution in [3.05, 3.63) is 61.8 Å². The van der Waals surface area contributed by atoms with Gasteiger partial charge in [0.25, 0.3) is 11.6 Å². The molecule has 2 aromatic rings. The Labute approximate surface area is 165 Å². The molecule has 26 heavy (non-hydrogen) atoms. The molecule has 1 amide bonds. The molecule has 0 radical (unpaired) electrons. The number of carbonyl (C=O) groups is 1. The first kappa shape index (κ1) is 20.0. The number of hydrogen-bond donors (Lipinski definition) is 2. The fraction of sp³-hybridized carbons (Fsp3) is 0.0667. The number of nitro groups is 1. The molecule has 0 atom stereocenters. The molecule has 0 aromatic heterocycles. The number of non-ortho nitro benzene ring substituents is 1. The molecule has 0 aliphatic carbocycles. The number of nitrogens with zero attached hydrogens (tertiary/aromatic N) is 1. The van der Waals surface area contributed by atoms with Gasteiger partial charge in [-0.1, -0.05) is 27.5 Å². The highest BCUT2D eigenvalue weighted by molar-refractivity contribution is 9.10. The molecule has 0 aliphatic heterocycles. The van der Waals surface area contributed by atoms with Gasteiger partial charge >= 0.3 is 0 Å². The lowest BCUT2D eigenvalue weighted by Gasteiger charge is -2.11. The van der Waals surface area contributed by atoms with Crippen LogP contribution in [0.2, 0.25) is 5.02 Å². The lowest BCUT2D eigenvalue weighted by atomic mass is 10.2. The lowest BCUT2D eigenvalue weighted by molar-refractivity contribution is -0.384. The summed E-state index contributed by atoms with van der Waals surface area (Å²) in [4.78, 5) is 21.9. The minimum absolute atomic E-state index is 0.235. The normalized spacial score (nSPS) is 10.1. The van der Waals surface area contributed by atoms with Crippen molar-refractivity contribution in [1.29, 1.82) is 0 Å². The van der Waals surface area contributed by atoms with E-state index in [-0.39, 0.29) is 23.1 Å². The molecule has 2 rings (SSSR count). The third kappa shape index (κ3) is 5.61. The topological polar surface area (TPSA) is 93.5 Å². The van der Waals surface area contributed by atoms with Crippen LogP contribution < -0.4 is 15.4 Å². The molecule has 0 fully saturated rings. The number of nitrogens with one attached hydrogen (secondary N) is 2. The zero-order valence-electron chi connectivity index (χ0n) is 12.8. The number of benzene rings is 2. The molecule has 2 aromatic carbocycles. The number of amides is 1. The van der Waals surface area contributed by atoms with E-state index >= 15 is 0 Å². The number of halogens is 3. The second-order valence-corrected chi connectivity index (χ2v) is 6.52. The first-order valence-electron chi connectivity index (χ1n) is 6.89. The van der Waals surface area contributed by atoms with Gasteiger partial charge in [-0.05, 0) is 36.5 Å². The maximum Gasteiger partial charge on any atom is 0.271 e. The second-order valence-electron chi connectivity index (χ2n) is 4.79. The van der Waals surface area contributed by atoms with Crippen molar-refractivity contribution in [2.45, 2.75) is 0 Å². The van der Waals surface area contributed by atoms with Gasteiger partial charge in [-0.3, -0.25) is 20.2 Å². The quantitative estimate of drug-likeness (QED) is 0.396. The summed E-state index contributed by atoms with van der Waals surface area (Å²) in [6, 6.07) is 7.77. The maximum atomic E-state index is 13.7. The van der Waals surface area contributed by atoms with Gasteiger partial charge in [0.2, 0.25) is 0 Å². The largest absolute Gasteiger partial charge is 0.482 e. The molecule has 0 heterocycles. The standard InChI is InChI=1S/C15H10BrClFN3O4S/c16-8-1-4-13(10(17)5-8)25-7-14(22)20-15(26)19-12-6-9(21(23)24)2-3-11(12)18/h1-6H,7H2,(H2,19,20,22,26). The lowest BCUT2D eigenvalue weighted by Crippen LogP contribution is -2.37. The Morgan fingerprint density at radius 2 is 2.08 bits per heavy atom. The van der Waals surface area contributed by atoms with Crippen molar-refractivity contribution < 1.29 is 18.8 Å². The average Bonchev–Trinajstić information content (AvgIpc) is 2.55. The van der Waals surface area contributed by atoms with Gasteiger partial charge < -0.3 is 10.1 Å². The number of rotatable bonds is 5. The van der Waals surface area contributed by atoms with E-state index in [0.717, 1.165) is 22.7 Å². The van der Waals surface area contributed by atoms with E-state index in [2.05, 4.69) is 26.6 Å². The Bertz CT molecular complexity index is 884. The van der Waals surface area contributed by atoms with Crippen molar-refractivity contribution in [3.63, 3.8) is 0 Å². The van der Waals surface area contributed by atoms with Crippen LogP contribution in [0.1, 0.15) is 0 Å². The number of nitro benzene ring substituents is 1. The fourth-order valence-corrected chi connectivity index (χ4v) is 2.73. The van der Waals surface area contributed by atoms with E-state index in [1.165, 1.54) is 0 Å². The SMILES string of the molecule is O=C(COc1ccc(Br)cc1Cl)NC(=S)Nc1cc([N+](=O)[O-])ccc1F. The van der Waals surface area contributed by atoms with Crippen molar-refractivity contribution in [3.8, 4) is 5.75 Å². The highest BCUT2D eigenvalue weighted by Gasteiger charge is 2.13. The highest BCUT2D eigenvalue weighted by Crippen LogP contribution is 2.27. The number of anilines is 1. The van der Waals surface area contributed by atoms with Gasteiger partial charge in [0.15, 0.2) is 11.7 Å². The molecule has 0 unspecified atom stereocenters. The van der Waals surface area contributed by atoms with Crippen LogP contribution in [-0.2, 0) is 4.79 Å². The minimum Gasteiger partial charge on any atom is -0.482 e. The molecule has 2 N–H and O–H groups in total. The summed E-state index contributed by atoms with van der Waals surface area (Å²) >= 11 is 14.1. The van der Waals surface area contributed by atoms with Crippen LogP contribution >= 0.6 is 39.7 Å². The molecule has 11 heteroatoms. The molecular weight excluding hydrogens is 453 g/mol. The van der Waals surface area contributed by atoms with Crippen molar-refractivity contribution in [1.82, 2.24) is 5.32 Å². The van der Waals surface area contributed by atoms with Gasteiger partial charge in [0.05, 0.1) is 15.6 Å². The molecule has 136 valence electrons. The van der Waals surface area contributed by atoms with Gasteiger partial charge in [-0.15, -0.1) is 0 Å². The van der Waals surface area contributed by atoms with Gasteiger partial charge in [-0.25, -0.2) is 4.39 Å². The maximum absolute atomic E-state index is 13.7. The Balaban J connectivity index is 1.92. The molecular formula is C15H10BrClFN3O4S. The summed E-state index contributed by atoms with van der Waals surface area (Å²) < 4.78 is 19.7. The molecule has 7 nitrogen and oxygen atoms in total. The first-order valence-corrected chi connectivity index (χ1v) is 8.47. The third-order valence-corrected chi connectivity index (χ3v) is 3.91. The zero-order valence-corrected chi connectivity index (χ0v) is 16.0. The van der Waals surface area contributed by atoms with Crippen LogP contribution in [0.5, 0.6) is 5.75 Å². The summed E-state index contributed by atoms with van der Waals surface area (Å²) in [6.45, 7) is -0.388. The van der Waals surface area contributed by atoms with Gasteiger partial charge in [0, 0.05) is 16.6 Å². The van der Waals surface area contributed by atoms with Crippen molar-refractivity contribution in [2.24, 2.45) is 0 Å². The van der Waals surface area contributed by atoms with Crippen LogP contribution in [-0.4, -0.2) is 22.5 Å². The van der Waals surface area contributed by atoms with Gasteiger partial charge in [-0.2, -0.15) is 0 Å². The molecule has 0 aliphatic rings. The zero-order chi connectivity index (χ0) is 19.3. The van der Waals surface area contributed by atoms with Crippen molar-refractivity contribution in [2.75, 3.05) is 11.9 Å². The molecule has 0 saturated carbocycles. The molecule has 0 bridgehead atoms. The van der Waals surface area contributed by atoms with E-state index in [1.54, 1.807) is 18.2 Å². The van der Waals surface area contributed by atoms with Crippen LogP contribution in [0.15, 0.2) is 40.9 Å². The Hall–Kier alpha value is -2.30. The van der Waals surface area contributed by atoms with Crippen LogP contribution in [0, 0.1) is 15.9 Å². The average molecular weight is 463 g/mol. The van der Waals surface area contributed by atoms with E-state index in [1.807, 2.05) is 0 Å². The van der Waals surface area contributed by atoms with Crippen molar-refractivity contribution >= 4 is 62.1 Å². The van der Waals surface area contributed by atoms with E-state index < -0.39 is 16.6 Å². The summed E-state index contributed by atoms with van der Waals surface area (Å²) in [7, 11) is 0. The number of carbonyl (C=O) groups excluding carboxylic acids is 1. The predicted octanol–water partition coefficient (Wildman–Crippen LogP) is 4.04. The number of thiocarbonyl (C=S) groups is 1. The number of hydrogen-bond acceptors (Lipinski definition) is 5. The Morgan fingerprint density at radius 3 is 2.73 bits per heavy atom. The number of ether oxygens (including phenoxy) is 1. The highest BCUT2D eigenvalue weighted by atomic mass is 79.9. The van der Waals surface area contributed by atoms with E-state index in [4.69, 9.17) is 28.6 Å². The van der Waals surface area contributed by atoms with Crippen LogP contribution in [0.25, 0.3) is 0 Å². The Morgan fingerprint density at radius 1 is 1.35 bits per heavy atom. The molecule has 0 spiro atoms.